The van der Waals surface area contributed by atoms with Crippen molar-refractivity contribution in [2.75, 3.05) is 6.61 Å². The summed E-state index contributed by atoms with van der Waals surface area (Å²) < 4.78 is 3.10. The lowest BCUT2D eigenvalue weighted by Gasteiger charge is -2.12. The smallest absolute Gasteiger partial charge is 0.124 e. The van der Waals surface area contributed by atoms with Gasteiger partial charge in [-0.2, -0.15) is 5.26 Å². The van der Waals surface area contributed by atoms with Gasteiger partial charge in [0.05, 0.1) is 5.52 Å². The highest BCUT2D eigenvalue weighted by Crippen LogP contribution is 2.46. The molecule has 1 aliphatic carbocycles. The molecule has 0 aliphatic heterocycles. The maximum atomic E-state index is 9.59. The number of nitriles is 1. The van der Waals surface area contributed by atoms with Crippen LogP contribution in [0.4, 0.5) is 0 Å². The first-order valence-corrected chi connectivity index (χ1v) is 7.77. The number of benzene rings is 1. The minimum absolute atomic E-state index is 0.136. The highest BCUT2D eigenvalue weighted by molar-refractivity contribution is 9.10. The number of fused-ring (bicyclic) bond motifs is 1. The summed E-state index contributed by atoms with van der Waals surface area (Å²) in [6.07, 6.45) is 2.36. The van der Waals surface area contributed by atoms with Gasteiger partial charge in [0, 0.05) is 23.0 Å². The third-order valence-electron chi connectivity index (χ3n) is 3.96. The Labute approximate surface area is 127 Å². The monoisotopic (exact) mass is 332 g/mol. The molecule has 0 unspecified atom stereocenters. The molecule has 0 amide bonds. The van der Waals surface area contributed by atoms with Crippen molar-refractivity contribution in [1.29, 1.82) is 5.26 Å². The topological polar surface area (TPSA) is 49.0 Å². The highest BCUT2D eigenvalue weighted by atomic mass is 79.9. The average molecular weight is 333 g/mol. The van der Waals surface area contributed by atoms with Crippen molar-refractivity contribution in [1.82, 2.24) is 4.57 Å². The molecule has 0 saturated heterocycles. The van der Waals surface area contributed by atoms with Crippen molar-refractivity contribution in [3.05, 3.63) is 33.9 Å². The molecule has 0 radical (unpaired) electrons. The molecule has 1 aromatic carbocycles. The van der Waals surface area contributed by atoms with E-state index in [0.717, 1.165) is 15.7 Å². The molecule has 0 bridgehead atoms. The van der Waals surface area contributed by atoms with Crippen molar-refractivity contribution >= 4 is 26.8 Å². The molecule has 4 heteroatoms. The van der Waals surface area contributed by atoms with E-state index in [4.69, 9.17) is 0 Å². The summed E-state index contributed by atoms with van der Waals surface area (Å²) in [5, 5.41) is 20.1. The first-order valence-electron chi connectivity index (χ1n) is 6.98. The Hall–Kier alpha value is -1.31. The number of nitrogens with zero attached hydrogens (tertiary/aromatic N) is 2. The van der Waals surface area contributed by atoms with Crippen LogP contribution in [-0.2, 0) is 6.54 Å². The largest absolute Gasteiger partial charge is 0.396 e. The van der Waals surface area contributed by atoms with Crippen LogP contribution in [0.3, 0.4) is 0 Å². The van der Waals surface area contributed by atoms with Crippen molar-refractivity contribution < 1.29 is 5.11 Å². The van der Waals surface area contributed by atoms with Gasteiger partial charge in [0.1, 0.15) is 11.8 Å². The molecule has 2 aromatic rings. The summed E-state index contributed by atoms with van der Waals surface area (Å²) in [4.78, 5) is 0. The third kappa shape index (κ3) is 2.25. The minimum atomic E-state index is 0.136. The predicted octanol–water partition coefficient (Wildman–Crippen LogP) is 3.78. The molecule has 3 rings (SSSR count). The number of hydrogen-bond acceptors (Lipinski definition) is 2. The van der Waals surface area contributed by atoms with Crippen LogP contribution >= 0.6 is 15.9 Å². The Morgan fingerprint density at radius 2 is 2.25 bits per heavy atom. The van der Waals surface area contributed by atoms with Gasteiger partial charge in [0.15, 0.2) is 0 Å². The lowest BCUT2D eigenvalue weighted by molar-refractivity contribution is 0.224. The van der Waals surface area contributed by atoms with E-state index in [9.17, 15) is 10.4 Å². The molecule has 1 aliphatic rings. The number of rotatable bonds is 4. The minimum Gasteiger partial charge on any atom is -0.396 e. The lowest BCUT2D eigenvalue weighted by atomic mass is 10.1. The molecule has 1 heterocycles. The number of aromatic nitrogens is 1. The van der Waals surface area contributed by atoms with Gasteiger partial charge in [-0.25, -0.2) is 0 Å². The summed E-state index contributed by atoms with van der Waals surface area (Å²) in [5.74, 6) is 0.683. The van der Waals surface area contributed by atoms with Gasteiger partial charge < -0.3 is 9.67 Å². The first kappa shape index (κ1) is 13.7. The van der Waals surface area contributed by atoms with E-state index in [-0.39, 0.29) is 12.5 Å². The Kier molecular flexibility index (Phi) is 3.57. The van der Waals surface area contributed by atoms with E-state index in [1.807, 2.05) is 13.0 Å². The van der Waals surface area contributed by atoms with Crippen LogP contribution in [-0.4, -0.2) is 16.3 Å². The number of hydrogen-bond donors (Lipinski definition) is 1. The second kappa shape index (κ2) is 5.23. The van der Waals surface area contributed by atoms with Crippen molar-refractivity contribution in [2.24, 2.45) is 5.92 Å². The van der Waals surface area contributed by atoms with E-state index in [1.54, 1.807) is 0 Å². The van der Waals surface area contributed by atoms with Crippen LogP contribution in [0, 0.1) is 17.2 Å². The van der Waals surface area contributed by atoms with Crippen LogP contribution in [0.15, 0.2) is 22.7 Å². The van der Waals surface area contributed by atoms with Gasteiger partial charge in [0.25, 0.3) is 0 Å². The zero-order valence-electron chi connectivity index (χ0n) is 11.4. The molecule has 1 saturated carbocycles. The van der Waals surface area contributed by atoms with E-state index >= 15 is 0 Å². The molecule has 3 nitrogen and oxygen atoms in total. The second-order valence-corrected chi connectivity index (χ2v) is 6.62. The molecule has 104 valence electrons. The molecule has 0 spiro atoms. The summed E-state index contributed by atoms with van der Waals surface area (Å²) in [5.41, 5.74) is 3.08. The van der Waals surface area contributed by atoms with Gasteiger partial charge in [-0.1, -0.05) is 28.9 Å². The summed E-state index contributed by atoms with van der Waals surface area (Å²) in [7, 11) is 0. The zero-order chi connectivity index (χ0) is 14.3. The normalized spacial score (nSPS) is 16.3. The zero-order valence-corrected chi connectivity index (χ0v) is 13.0. The SMILES string of the molecule is C[C@H](CO)Cn1c(C#N)c(C2CC2)c2ccc(Br)cc21. The Morgan fingerprint density at radius 1 is 1.50 bits per heavy atom. The van der Waals surface area contributed by atoms with Crippen LogP contribution in [0.25, 0.3) is 10.9 Å². The van der Waals surface area contributed by atoms with E-state index < -0.39 is 0 Å². The molecule has 1 N–H and O–H groups in total. The Bertz CT molecular complexity index is 695. The lowest BCUT2D eigenvalue weighted by Crippen LogP contribution is -2.12. The predicted molar refractivity (Wildman–Crippen MR) is 82.6 cm³/mol. The number of aliphatic hydroxyl groups is 1. The Morgan fingerprint density at radius 3 is 2.85 bits per heavy atom. The maximum Gasteiger partial charge on any atom is 0.124 e. The van der Waals surface area contributed by atoms with Crippen LogP contribution in [0.2, 0.25) is 0 Å². The van der Waals surface area contributed by atoms with Gasteiger partial charge in [0.2, 0.25) is 0 Å². The van der Waals surface area contributed by atoms with Crippen molar-refractivity contribution in [2.45, 2.75) is 32.2 Å². The summed E-state index contributed by atoms with van der Waals surface area (Å²) >= 11 is 3.51. The number of aliphatic hydroxyl groups excluding tert-OH is 1. The molecular weight excluding hydrogens is 316 g/mol. The highest BCUT2D eigenvalue weighted by Gasteiger charge is 2.31. The standard InChI is InChI=1S/C16H17BrN2O/c1-10(9-20)8-19-14-6-12(17)4-5-13(14)16(11-2-3-11)15(19)7-18/h4-6,10-11,20H,2-3,8-9H2,1H3/t10-/m0/s1. The maximum absolute atomic E-state index is 9.59. The molecule has 1 aromatic heterocycles. The van der Waals surface area contributed by atoms with Crippen LogP contribution in [0.5, 0.6) is 0 Å². The average Bonchev–Trinajstić information content (AvgIpc) is 3.23. The first-order chi connectivity index (χ1) is 9.65. The van der Waals surface area contributed by atoms with E-state index in [0.29, 0.717) is 12.5 Å². The second-order valence-electron chi connectivity index (χ2n) is 5.71. The molecular formula is C16H17BrN2O. The van der Waals surface area contributed by atoms with Gasteiger partial charge in [-0.15, -0.1) is 0 Å². The van der Waals surface area contributed by atoms with Crippen LogP contribution < -0.4 is 0 Å². The molecule has 20 heavy (non-hydrogen) atoms. The van der Waals surface area contributed by atoms with Crippen LogP contribution in [0.1, 0.15) is 36.9 Å². The molecule has 1 fully saturated rings. The van der Waals surface area contributed by atoms with Crippen molar-refractivity contribution in [3.63, 3.8) is 0 Å². The van der Waals surface area contributed by atoms with Crippen molar-refractivity contribution in [3.8, 4) is 6.07 Å². The summed E-state index contributed by atoms with van der Waals surface area (Å²) in [6, 6.07) is 8.61. The van der Waals surface area contributed by atoms with Gasteiger partial charge >= 0.3 is 0 Å². The van der Waals surface area contributed by atoms with E-state index in [2.05, 4.69) is 38.7 Å². The summed E-state index contributed by atoms with van der Waals surface area (Å²) in [6.45, 7) is 2.82. The fourth-order valence-electron chi connectivity index (χ4n) is 2.81. The quantitative estimate of drug-likeness (QED) is 0.926. The van der Waals surface area contributed by atoms with E-state index in [1.165, 1.54) is 23.8 Å². The fourth-order valence-corrected chi connectivity index (χ4v) is 3.16. The molecule has 1 atom stereocenters. The fraction of sp³-hybridized carbons (Fsp3) is 0.438. The Balaban J connectivity index is 2.24. The van der Waals surface area contributed by atoms with Gasteiger partial charge in [-0.3, -0.25) is 0 Å². The van der Waals surface area contributed by atoms with Gasteiger partial charge in [-0.05, 0) is 42.4 Å². The number of halogens is 1. The third-order valence-corrected chi connectivity index (χ3v) is 4.46.